The number of sulfonamides is 1. The number of rotatable bonds is 12. The molecular formula is C36H34Cl2F3N3O4S. The number of carbonyl (C=O) groups is 2. The molecule has 49 heavy (non-hydrogen) atoms. The van der Waals surface area contributed by atoms with Crippen LogP contribution in [-0.4, -0.2) is 43.8 Å². The fourth-order valence-electron chi connectivity index (χ4n) is 5.82. The first-order valence-corrected chi connectivity index (χ1v) is 17.9. The molecular weight excluding hydrogens is 698 g/mol. The van der Waals surface area contributed by atoms with E-state index in [-0.39, 0.29) is 28.9 Å². The standard InChI is InChI=1S/C36H34Cl2F3N3O4S/c37-28-18-15-26(16-19-28)23-43(33(21-25-9-3-1-4-10-25)35(46)42-29-11-7-8-12-29)34(45)24-44(49(47,48)30-13-5-2-6-14-30)32-22-27(36(39,40)41)17-20-31(32)38/h1-6,9-10,13-20,22,29,33H,7-8,11-12,21,23-24H2,(H,42,46). The molecule has 13 heteroatoms. The molecule has 0 aromatic heterocycles. The predicted octanol–water partition coefficient (Wildman–Crippen LogP) is 7.91. The van der Waals surface area contributed by atoms with Gasteiger partial charge < -0.3 is 10.2 Å². The van der Waals surface area contributed by atoms with Crippen LogP contribution in [0.25, 0.3) is 0 Å². The molecule has 2 amide bonds. The average molecular weight is 733 g/mol. The minimum Gasteiger partial charge on any atom is -0.352 e. The van der Waals surface area contributed by atoms with Crippen LogP contribution in [0.5, 0.6) is 0 Å². The summed E-state index contributed by atoms with van der Waals surface area (Å²) in [4.78, 5) is 29.7. The molecule has 0 aliphatic heterocycles. The Morgan fingerprint density at radius 3 is 2.06 bits per heavy atom. The van der Waals surface area contributed by atoms with Crippen LogP contribution in [0.15, 0.2) is 108 Å². The number of halogens is 5. The largest absolute Gasteiger partial charge is 0.416 e. The molecule has 4 aromatic carbocycles. The molecule has 1 aliphatic carbocycles. The molecule has 1 saturated carbocycles. The van der Waals surface area contributed by atoms with Crippen LogP contribution >= 0.6 is 23.2 Å². The van der Waals surface area contributed by atoms with Gasteiger partial charge in [-0.25, -0.2) is 8.42 Å². The summed E-state index contributed by atoms with van der Waals surface area (Å²) in [6, 6.07) is 23.8. The highest BCUT2D eigenvalue weighted by atomic mass is 35.5. The summed E-state index contributed by atoms with van der Waals surface area (Å²) in [7, 11) is -4.65. The molecule has 1 N–H and O–H groups in total. The van der Waals surface area contributed by atoms with E-state index in [0.29, 0.717) is 21.0 Å². The minimum absolute atomic E-state index is 0.0860. The summed E-state index contributed by atoms with van der Waals surface area (Å²) in [6.45, 7) is -1.07. The number of nitrogens with zero attached hydrogens (tertiary/aromatic N) is 2. The van der Waals surface area contributed by atoms with Gasteiger partial charge in [0.05, 0.1) is 21.2 Å². The van der Waals surface area contributed by atoms with Gasteiger partial charge in [-0.15, -0.1) is 0 Å². The maximum atomic E-state index is 14.6. The highest BCUT2D eigenvalue weighted by Crippen LogP contribution is 2.37. The van der Waals surface area contributed by atoms with Crippen molar-refractivity contribution in [3.8, 4) is 0 Å². The molecule has 0 radical (unpaired) electrons. The van der Waals surface area contributed by atoms with Gasteiger partial charge in [0.25, 0.3) is 10.0 Å². The van der Waals surface area contributed by atoms with E-state index in [9.17, 15) is 31.2 Å². The maximum absolute atomic E-state index is 14.6. The zero-order valence-corrected chi connectivity index (χ0v) is 28.6. The van der Waals surface area contributed by atoms with Gasteiger partial charge in [-0.3, -0.25) is 13.9 Å². The van der Waals surface area contributed by atoms with Crippen molar-refractivity contribution >= 4 is 50.7 Å². The molecule has 1 aliphatic rings. The van der Waals surface area contributed by atoms with Gasteiger partial charge in [-0.2, -0.15) is 13.2 Å². The number of amides is 2. The van der Waals surface area contributed by atoms with Gasteiger partial charge in [0.15, 0.2) is 0 Å². The third kappa shape index (κ3) is 9.14. The summed E-state index contributed by atoms with van der Waals surface area (Å²) in [5.74, 6) is -1.25. The third-order valence-corrected chi connectivity index (χ3v) is 10.7. The lowest BCUT2D eigenvalue weighted by atomic mass is 10.0. The molecule has 0 saturated heterocycles. The van der Waals surface area contributed by atoms with Gasteiger partial charge in [-0.05, 0) is 66.4 Å². The number of nitrogens with one attached hydrogen (secondary N) is 1. The minimum atomic E-state index is -4.83. The summed E-state index contributed by atoms with van der Waals surface area (Å²) in [5.41, 5.74) is -0.338. The van der Waals surface area contributed by atoms with E-state index in [1.807, 2.05) is 18.2 Å². The van der Waals surface area contributed by atoms with E-state index < -0.39 is 51.9 Å². The second kappa shape index (κ2) is 15.7. The van der Waals surface area contributed by atoms with Crippen molar-refractivity contribution in [3.05, 3.63) is 130 Å². The molecule has 1 fully saturated rings. The number of benzene rings is 4. The summed E-state index contributed by atoms with van der Waals surface area (Å²) in [5, 5.41) is 3.20. The van der Waals surface area contributed by atoms with Crippen LogP contribution in [0.3, 0.4) is 0 Å². The lowest BCUT2D eigenvalue weighted by Crippen LogP contribution is -2.54. The number of hydrogen-bond acceptors (Lipinski definition) is 4. The number of hydrogen-bond donors (Lipinski definition) is 1. The van der Waals surface area contributed by atoms with Crippen molar-refractivity contribution in [2.45, 2.75) is 61.8 Å². The average Bonchev–Trinajstić information content (AvgIpc) is 3.59. The van der Waals surface area contributed by atoms with Gasteiger partial charge in [-0.1, -0.05) is 96.7 Å². The summed E-state index contributed by atoms with van der Waals surface area (Å²) in [6.07, 6.45) is -1.27. The predicted molar refractivity (Wildman–Crippen MR) is 184 cm³/mol. The van der Waals surface area contributed by atoms with Gasteiger partial charge in [0, 0.05) is 24.0 Å². The molecule has 258 valence electrons. The van der Waals surface area contributed by atoms with Crippen molar-refractivity contribution in [2.24, 2.45) is 0 Å². The number of alkyl halides is 3. The van der Waals surface area contributed by atoms with Crippen molar-refractivity contribution in [1.29, 1.82) is 0 Å². The molecule has 0 heterocycles. The molecule has 5 rings (SSSR count). The summed E-state index contributed by atoms with van der Waals surface area (Å²) >= 11 is 12.5. The molecule has 7 nitrogen and oxygen atoms in total. The normalized spacial score (nSPS) is 14.3. The van der Waals surface area contributed by atoms with Gasteiger partial charge in [0.1, 0.15) is 12.6 Å². The first kappa shape index (κ1) is 36.2. The summed E-state index contributed by atoms with van der Waals surface area (Å²) < 4.78 is 70.5. The number of carbonyl (C=O) groups excluding carboxylic acids is 2. The Bertz CT molecular complexity index is 1860. The van der Waals surface area contributed by atoms with Crippen LogP contribution in [0.1, 0.15) is 42.4 Å². The lowest BCUT2D eigenvalue weighted by molar-refractivity contribution is -0.140. The molecule has 4 aromatic rings. The zero-order chi connectivity index (χ0) is 35.2. The van der Waals surface area contributed by atoms with Crippen molar-refractivity contribution in [1.82, 2.24) is 10.2 Å². The van der Waals surface area contributed by atoms with E-state index in [2.05, 4.69) is 5.32 Å². The van der Waals surface area contributed by atoms with Gasteiger partial charge in [0.2, 0.25) is 11.8 Å². The Kier molecular flexibility index (Phi) is 11.6. The van der Waals surface area contributed by atoms with Crippen LogP contribution in [0.4, 0.5) is 18.9 Å². The second-order valence-corrected chi connectivity index (χ2v) is 14.5. The zero-order valence-electron chi connectivity index (χ0n) is 26.2. The smallest absolute Gasteiger partial charge is 0.352 e. The lowest BCUT2D eigenvalue weighted by Gasteiger charge is -2.34. The first-order valence-electron chi connectivity index (χ1n) is 15.7. The van der Waals surface area contributed by atoms with Crippen LogP contribution in [-0.2, 0) is 38.8 Å². The van der Waals surface area contributed by atoms with E-state index in [4.69, 9.17) is 23.2 Å². The fourth-order valence-corrected chi connectivity index (χ4v) is 7.66. The highest BCUT2D eigenvalue weighted by molar-refractivity contribution is 7.92. The topological polar surface area (TPSA) is 86.8 Å². The van der Waals surface area contributed by atoms with Crippen LogP contribution < -0.4 is 9.62 Å². The Balaban J connectivity index is 1.61. The Hall–Kier alpha value is -4.06. The Labute approximate surface area is 293 Å². The molecule has 0 bridgehead atoms. The van der Waals surface area contributed by atoms with Crippen molar-refractivity contribution < 1.29 is 31.2 Å². The third-order valence-electron chi connectivity index (χ3n) is 8.39. The maximum Gasteiger partial charge on any atom is 0.416 e. The monoisotopic (exact) mass is 731 g/mol. The quantitative estimate of drug-likeness (QED) is 0.161. The molecule has 0 spiro atoms. The Morgan fingerprint density at radius 2 is 1.45 bits per heavy atom. The van der Waals surface area contributed by atoms with E-state index in [1.165, 1.54) is 29.2 Å². The Morgan fingerprint density at radius 1 is 0.837 bits per heavy atom. The second-order valence-electron chi connectivity index (χ2n) is 11.8. The molecule has 1 atom stereocenters. The van der Waals surface area contributed by atoms with Crippen molar-refractivity contribution in [2.75, 3.05) is 10.8 Å². The van der Waals surface area contributed by atoms with Crippen LogP contribution in [0, 0.1) is 0 Å². The van der Waals surface area contributed by atoms with Crippen molar-refractivity contribution in [3.63, 3.8) is 0 Å². The number of anilines is 1. The van der Waals surface area contributed by atoms with Gasteiger partial charge >= 0.3 is 6.18 Å². The first-order chi connectivity index (χ1) is 23.3. The highest BCUT2D eigenvalue weighted by Gasteiger charge is 2.38. The van der Waals surface area contributed by atoms with E-state index in [0.717, 1.165) is 43.4 Å². The SMILES string of the molecule is O=C(NC1CCCC1)C(Cc1ccccc1)N(Cc1ccc(Cl)cc1)C(=O)CN(c1cc(C(F)(F)F)ccc1Cl)S(=O)(=O)c1ccccc1. The van der Waals surface area contributed by atoms with E-state index >= 15 is 0 Å². The van der Waals surface area contributed by atoms with E-state index in [1.54, 1.807) is 42.5 Å². The molecule has 1 unspecified atom stereocenters. The van der Waals surface area contributed by atoms with Crippen LogP contribution in [0.2, 0.25) is 10.0 Å². The fraction of sp³-hybridized carbons (Fsp3) is 0.278.